The highest BCUT2D eigenvalue weighted by Gasteiger charge is 2.10. The van der Waals surface area contributed by atoms with E-state index in [1.165, 1.54) is 12.5 Å². The Morgan fingerprint density at radius 1 is 1.50 bits per heavy atom. The molecule has 2 rings (SSSR count). The van der Waals surface area contributed by atoms with Gasteiger partial charge >= 0.3 is 0 Å². The fourth-order valence-electron chi connectivity index (χ4n) is 1.51. The summed E-state index contributed by atoms with van der Waals surface area (Å²) in [6.45, 7) is 2.04. The van der Waals surface area contributed by atoms with Crippen LogP contribution in [0.2, 0.25) is 0 Å². The smallest absolute Gasteiger partial charge is 0.213 e. The first kappa shape index (κ1) is 12.5. The summed E-state index contributed by atoms with van der Waals surface area (Å²) in [6, 6.07) is 4.72. The molecule has 5 nitrogen and oxygen atoms in total. The molecule has 0 spiro atoms. The standard InChI is InChI=1S/C12H14FN3O2/c1-8(14-2)10-4-3-9(5-11(10)13)17-6-12-15-7-18-16-12/h3-5,7-8,14H,6H2,1-2H3. The second-order valence-corrected chi connectivity index (χ2v) is 3.83. The van der Waals surface area contributed by atoms with Crippen LogP contribution in [0.4, 0.5) is 4.39 Å². The highest BCUT2D eigenvalue weighted by molar-refractivity contribution is 5.30. The van der Waals surface area contributed by atoms with Gasteiger partial charge in [0, 0.05) is 17.7 Å². The zero-order chi connectivity index (χ0) is 13.0. The molecule has 0 amide bonds. The van der Waals surface area contributed by atoms with Gasteiger partial charge in [-0.2, -0.15) is 4.98 Å². The first-order chi connectivity index (χ1) is 8.70. The highest BCUT2D eigenvalue weighted by atomic mass is 19.1. The number of nitrogens with one attached hydrogen (secondary N) is 1. The van der Waals surface area contributed by atoms with Gasteiger partial charge < -0.3 is 14.6 Å². The summed E-state index contributed by atoms with van der Waals surface area (Å²) in [7, 11) is 1.78. The zero-order valence-electron chi connectivity index (χ0n) is 10.2. The van der Waals surface area contributed by atoms with Gasteiger partial charge in [-0.15, -0.1) is 0 Å². The van der Waals surface area contributed by atoms with Crippen LogP contribution in [0, 0.1) is 5.82 Å². The van der Waals surface area contributed by atoms with Crippen LogP contribution < -0.4 is 10.1 Å². The molecule has 0 aliphatic heterocycles. The molecule has 1 aromatic carbocycles. The third kappa shape index (κ3) is 2.84. The van der Waals surface area contributed by atoms with Crippen molar-refractivity contribution < 1.29 is 13.7 Å². The van der Waals surface area contributed by atoms with E-state index in [0.717, 1.165) is 0 Å². The number of rotatable bonds is 5. The van der Waals surface area contributed by atoms with Gasteiger partial charge in [0.2, 0.25) is 12.2 Å². The molecule has 0 radical (unpaired) electrons. The molecular formula is C12H14FN3O2. The Hall–Kier alpha value is -1.95. The molecule has 0 aliphatic rings. The van der Waals surface area contributed by atoms with Gasteiger partial charge in [-0.3, -0.25) is 0 Å². The Bertz CT molecular complexity index is 502. The predicted octanol–water partition coefficient (Wildman–Crippen LogP) is 2.07. The quantitative estimate of drug-likeness (QED) is 0.881. The molecule has 1 heterocycles. The lowest BCUT2D eigenvalue weighted by atomic mass is 10.1. The maximum absolute atomic E-state index is 13.8. The third-order valence-corrected chi connectivity index (χ3v) is 2.65. The van der Waals surface area contributed by atoms with Gasteiger partial charge in [0.25, 0.3) is 0 Å². The van der Waals surface area contributed by atoms with E-state index < -0.39 is 0 Å². The molecule has 1 N–H and O–H groups in total. The van der Waals surface area contributed by atoms with E-state index in [9.17, 15) is 4.39 Å². The molecule has 96 valence electrons. The molecule has 1 unspecified atom stereocenters. The van der Waals surface area contributed by atoms with Crippen LogP contribution in [0.15, 0.2) is 29.1 Å². The van der Waals surface area contributed by atoms with Crippen molar-refractivity contribution in [3.05, 3.63) is 41.8 Å². The monoisotopic (exact) mass is 251 g/mol. The number of hydrogen-bond donors (Lipinski definition) is 1. The van der Waals surface area contributed by atoms with Gasteiger partial charge in [0.1, 0.15) is 11.6 Å². The second kappa shape index (κ2) is 5.59. The molecule has 2 aromatic rings. The summed E-state index contributed by atoms with van der Waals surface area (Å²) in [6.07, 6.45) is 1.22. The Morgan fingerprint density at radius 2 is 2.33 bits per heavy atom. The average Bonchev–Trinajstić information content (AvgIpc) is 2.88. The summed E-state index contributed by atoms with van der Waals surface area (Å²) in [5.41, 5.74) is 0.601. The minimum absolute atomic E-state index is 0.0451. The Kier molecular flexibility index (Phi) is 3.88. The van der Waals surface area contributed by atoms with Crippen LogP contribution in [0.1, 0.15) is 24.4 Å². The molecule has 0 saturated heterocycles. The third-order valence-electron chi connectivity index (χ3n) is 2.65. The zero-order valence-corrected chi connectivity index (χ0v) is 10.2. The van der Waals surface area contributed by atoms with Crippen molar-refractivity contribution in [2.75, 3.05) is 7.05 Å². The van der Waals surface area contributed by atoms with Crippen molar-refractivity contribution >= 4 is 0 Å². The maximum Gasteiger partial charge on any atom is 0.213 e. The minimum Gasteiger partial charge on any atom is -0.485 e. The van der Waals surface area contributed by atoms with Crippen LogP contribution in [0.3, 0.4) is 0 Å². The van der Waals surface area contributed by atoms with E-state index in [4.69, 9.17) is 4.74 Å². The molecule has 6 heteroatoms. The molecular weight excluding hydrogens is 237 g/mol. The Morgan fingerprint density at radius 3 is 2.94 bits per heavy atom. The molecule has 1 aromatic heterocycles. The molecule has 18 heavy (non-hydrogen) atoms. The van der Waals surface area contributed by atoms with Crippen LogP contribution in [-0.2, 0) is 6.61 Å². The van der Waals surface area contributed by atoms with Crippen molar-refractivity contribution in [3.63, 3.8) is 0 Å². The number of aromatic nitrogens is 2. The number of halogens is 1. The predicted molar refractivity (Wildman–Crippen MR) is 62.5 cm³/mol. The summed E-state index contributed by atoms with van der Waals surface area (Å²) in [4.78, 5) is 3.81. The van der Waals surface area contributed by atoms with Crippen molar-refractivity contribution in [3.8, 4) is 5.75 Å². The highest BCUT2D eigenvalue weighted by Crippen LogP contribution is 2.22. The molecule has 0 aliphatic carbocycles. The van der Waals surface area contributed by atoms with E-state index in [0.29, 0.717) is 17.1 Å². The minimum atomic E-state index is -0.303. The van der Waals surface area contributed by atoms with E-state index in [1.807, 2.05) is 6.92 Å². The Labute approximate surface area is 104 Å². The lowest BCUT2D eigenvalue weighted by Crippen LogP contribution is -2.13. The fraction of sp³-hybridized carbons (Fsp3) is 0.333. The first-order valence-corrected chi connectivity index (χ1v) is 5.55. The lowest BCUT2D eigenvalue weighted by Gasteiger charge is -2.12. The summed E-state index contributed by atoms with van der Waals surface area (Å²) < 4.78 is 23.7. The molecule has 0 fully saturated rings. The first-order valence-electron chi connectivity index (χ1n) is 5.55. The maximum atomic E-state index is 13.8. The van der Waals surface area contributed by atoms with E-state index >= 15 is 0 Å². The number of benzene rings is 1. The number of nitrogens with zero attached hydrogens (tertiary/aromatic N) is 2. The number of ether oxygens (including phenoxy) is 1. The molecule has 1 atom stereocenters. The summed E-state index contributed by atoms with van der Waals surface area (Å²) >= 11 is 0. The van der Waals surface area contributed by atoms with E-state index in [2.05, 4.69) is 20.0 Å². The van der Waals surface area contributed by atoms with Crippen LogP contribution in [0.25, 0.3) is 0 Å². The Balaban J connectivity index is 2.04. The van der Waals surface area contributed by atoms with Gasteiger partial charge in [0.15, 0.2) is 6.61 Å². The molecule has 0 saturated carbocycles. The van der Waals surface area contributed by atoms with Crippen molar-refractivity contribution in [1.82, 2.24) is 15.5 Å². The van der Waals surface area contributed by atoms with E-state index in [1.54, 1.807) is 19.2 Å². The van der Waals surface area contributed by atoms with Gasteiger partial charge in [0.05, 0.1) is 0 Å². The topological polar surface area (TPSA) is 60.2 Å². The van der Waals surface area contributed by atoms with Crippen LogP contribution in [-0.4, -0.2) is 17.2 Å². The average molecular weight is 251 g/mol. The van der Waals surface area contributed by atoms with Crippen molar-refractivity contribution in [2.45, 2.75) is 19.6 Å². The van der Waals surface area contributed by atoms with Crippen molar-refractivity contribution in [2.24, 2.45) is 0 Å². The normalized spacial score (nSPS) is 12.4. The van der Waals surface area contributed by atoms with Gasteiger partial charge in [-0.25, -0.2) is 4.39 Å². The molecule has 0 bridgehead atoms. The van der Waals surface area contributed by atoms with Crippen LogP contribution in [0.5, 0.6) is 5.75 Å². The second-order valence-electron chi connectivity index (χ2n) is 3.83. The largest absolute Gasteiger partial charge is 0.485 e. The van der Waals surface area contributed by atoms with Gasteiger partial charge in [-0.1, -0.05) is 11.2 Å². The SMILES string of the molecule is CNC(C)c1ccc(OCc2ncon2)cc1F. The van der Waals surface area contributed by atoms with E-state index in [-0.39, 0.29) is 18.5 Å². The van der Waals surface area contributed by atoms with Crippen molar-refractivity contribution in [1.29, 1.82) is 0 Å². The lowest BCUT2D eigenvalue weighted by molar-refractivity contribution is 0.285. The summed E-state index contributed by atoms with van der Waals surface area (Å²) in [5, 5.41) is 6.58. The summed E-state index contributed by atoms with van der Waals surface area (Å²) in [5.74, 6) is 0.551. The number of hydrogen-bond acceptors (Lipinski definition) is 5. The fourth-order valence-corrected chi connectivity index (χ4v) is 1.51. The van der Waals surface area contributed by atoms with Crippen LogP contribution >= 0.6 is 0 Å². The van der Waals surface area contributed by atoms with Gasteiger partial charge in [-0.05, 0) is 20.0 Å².